The molecular weight excluding hydrogens is 417 g/mol. The third-order valence-corrected chi connectivity index (χ3v) is 2.67. The summed E-state index contributed by atoms with van der Waals surface area (Å²) < 4.78 is 10.5. The van der Waals surface area contributed by atoms with Crippen LogP contribution in [0.4, 0.5) is 0 Å². The van der Waals surface area contributed by atoms with Crippen LogP contribution in [-0.2, 0) is 6.42 Å². The maximum atomic E-state index is 5.26. The van der Waals surface area contributed by atoms with Crippen LogP contribution < -0.4 is 14.8 Å². The Morgan fingerprint density at radius 2 is 1.81 bits per heavy atom. The number of nitrogens with one attached hydrogen (secondary N) is 1. The maximum Gasteiger partial charge on any atom is 0.161 e. The Balaban J connectivity index is 0.00000128. The summed E-state index contributed by atoms with van der Waals surface area (Å²) in [6.45, 7) is 4.91. The van der Waals surface area contributed by atoms with Gasteiger partial charge in [-0.1, -0.05) is 6.58 Å². The van der Waals surface area contributed by atoms with Crippen LogP contribution in [-0.4, -0.2) is 20.8 Å². The van der Waals surface area contributed by atoms with Gasteiger partial charge in [0.25, 0.3) is 0 Å². The minimum atomic E-state index is 0. The fourth-order valence-corrected chi connectivity index (χ4v) is 1.85. The summed E-state index contributed by atoms with van der Waals surface area (Å²) in [5.41, 5.74) is 3.34. The van der Waals surface area contributed by atoms with Crippen molar-refractivity contribution in [2.75, 3.05) is 20.8 Å². The zero-order valence-electron chi connectivity index (χ0n) is 9.67. The molecule has 16 heavy (non-hydrogen) atoms. The van der Waals surface area contributed by atoms with Crippen LogP contribution in [0.25, 0.3) is 5.70 Å². The Hall–Kier alpha value is -0.198. The zero-order chi connectivity index (χ0) is 10.8. The van der Waals surface area contributed by atoms with Crippen LogP contribution in [0.5, 0.6) is 11.5 Å². The third kappa shape index (κ3) is 2.55. The molecule has 2 rings (SSSR count). The van der Waals surface area contributed by atoms with Crippen molar-refractivity contribution in [2.45, 2.75) is 6.42 Å². The predicted molar refractivity (Wildman–Crippen MR) is 60.3 cm³/mol. The molecule has 1 aromatic rings. The molecule has 0 atom stereocenters. The number of methoxy groups -OCH3 is 2. The molecule has 3 nitrogen and oxygen atoms in total. The molecular formula is C12H15AcNO2. The van der Waals surface area contributed by atoms with E-state index in [0.717, 1.165) is 35.7 Å². The number of benzene rings is 1. The normalized spacial score (nSPS) is 13.2. The summed E-state index contributed by atoms with van der Waals surface area (Å²) in [7, 11) is 3.30. The molecule has 0 fully saturated rings. The van der Waals surface area contributed by atoms with E-state index in [-0.39, 0.29) is 44.1 Å². The van der Waals surface area contributed by atoms with Gasteiger partial charge in [-0.3, -0.25) is 0 Å². The summed E-state index contributed by atoms with van der Waals surface area (Å²) in [4.78, 5) is 0. The van der Waals surface area contributed by atoms with Crippen LogP contribution in [0.2, 0.25) is 0 Å². The molecule has 0 saturated heterocycles. The van der Waals surface area contributed by atoms with Crippen LogP contribution in [0.3, 0.4) is 0 Å². The maximum absolute atomic E-state index is 5.26. The fraction of sp³-hybridized carbons (Fsp3) is 0.333. The Labute approximate surface area is 132 Å². The van der Waals surface area contributed by atoms with Crippen molar-refractivity contribution in [1.82, 2.24) is 5.32 Å². The molecule has 1 radical (unpaired) electrons. The van der Waals surface area contributed by atoms with Gasteiger partial charge in [0.15, 0.2) is 11.5 Å². The number of fused-ring (bicyclic) bond motifs is 1. The smallest absolute Gasteiger partial charge is 0.161 e. The Morgan fingerprint density at radius 3 is 2.44 bits per heavy atom. The van der Waals surface area contributed by atoms with Crippen LogP contribution in [0, 0.1) is 44.1 Å². The molecule has 0 bridgehead atoms. The first-order chi connectivity index (χ1) is 7.26. The van der Waals surface area contributed by atoms with Crippen molar-refractivity contribution in [3.63, 3.8) is 0 Å². The van der Waals surface area contributed by atoms with Crippen molar-refractivity contribution in [3.05, 3.63) is 29.8 Å². The number of hydrogen-bond donors (Lipinski definition) is 1. The molecule has 0 aromatic heterocycles. The molecule has 1 aliphatic rings. The van der Waals surface area contributed by atoms with E-state index >= 15 is 0 Å². The van der Waals surface area contributed by atoms with E-state index in [4.69, 9.17) is 9.47 Å². The summed E-state index contributed by atoms with van der Waals surface area (Å²) in [5, 5.41) is 3.24. The molecule has 1 heterocycles. The first kappa shape index (κ1) is 13.9. The van der Waals surface area contributed by atoms with Gasteiger partial charge in [-0.2, -0.15) is 0 Å². The minimum Gasteiger partial charge on any atom is -0.493 e. The van der Waals surface area contributed by atoms with E-state index in [1.54, 1.807) is 14.2 Å². The molecule has 83 valence electrons. The molecule has 0 aliphatic carbocycles. The second kappa shape index (κ2) is 5.93. The zero-order valence-corrected chi connectivity index (χ0v) is 14.4. The number of ether oxygens (including phenoxy) is 2. The van der Waals surface area contributed by atoms with Crippen LogP contribution in [0.1, 0.15) is 11.1 Å². The summed E-state index contributed by atoms with van der Waals surface area (Å²) >= 11 is 0. The summed E-state index contributed by atoms with van der Waals surface area (Å²) in [6.07, 6.45) is 0.995. The van der Waals surface area contributed by atoms with E-state index in [1.807, 2.05) is 12.1 Å². The largest absolute Gasteiger partial charge is 0.493 e. The van der Waals surface area contributed by atoms with Crippen molar-refractivity contribution < 1.29 is 53.5 Å². The second-order valence-corrected chi connectivity index (χ2v) is 3.52. The Bertz CT molecular complexity index is 404. The molecule has 0 unspecified atom stereocenters. The molecule has 4 heteroatoms. The Morgan fingerprint density at radius 1 is 1.19 bits per heavy atom. The summed E-state index contributed by atoms with van der Waals surface area (Å²) in [5.74, 6) is 1.53. The van der Waals surface area contributed by atoms with Gasteiger partial charge in [0.05, 0.1) is 14.2 Å². The third-order valence-electron chi connectivity index (χ3n) is 2.67. The molecule has 1 N–H and O–H groups in total. The molecule has 1 aromatic carbocycles. The number of hydrogen-bond acceptors (Lipinski definition) is 3. The average molecular weight is 432 g/mol. The van der Waals surface area contributed by atoms with E-state index in [0.29, 0.717) is 0 Å². The Kier molecular flexibility index (Phi) is 5.14. The van der Waals surface area contributed by atoms with Crippen molar-refractivity contribution in [1.29, 1.82) is 0 Å². The van der Waals surface area contributed by atoms with Gasteiger partial charge in [-0.25, -0.2) is 0 Å². The molecule has 0 saturated carbocycles. The first-order valence-electron chi connectivity index (χ1n) is 4.94. The standard InChI is InChI=1S/C12H15NO2.Ac/c1-8-10-7-12(15-3)11(14-2)6-9(10)4-5-13-8;/h6-7,13H,1,4-5H2,2-3H3;. The van der Waals surface area contributed by atoms with Crippen LogP contribution in [0.15, 0.2) is 18.7 Å². The van der Waals surface area contributed by atoms with Crippen molar-refractivity contribution in [2.24, 2.45) is 0 Å². The van der Waals surface area contributed by atoms with Gasteiger partial charge in [0, 0.05) is 61.9 Å². The van der Waals surface area contributed by atoms with Crippen molar-refractivity contribution in [3.8, 4) is 11.5 Å². The monoisotopic (exact) mass is 432 g/mol. The minimum absolute atomic E-state index is 0. The first-order valence-corrected chi connectivity index (χ1v) is 4.94. The number of rotatable bonds is 2. The van der Waals surface area contributed by atoms with E-state index < -0.39 is 0 Å². The topological polar surface area (TPSA) is 30.5 Å². The molecule has 1 aliphatic heterocycles. The van der Waals surface area contributed by atoms with Gasteiger partial charge in [0.2, 0.25) is 0 Å². The van der Waals surface area contributed by atoms with Gasteiger partial charge in [-0.15, -0.1) is 0 Å². The van der Waals surface area contributed by atoms with E-state index in [2.05, 4.69) is 11.9 Å². The molecule has 0 spiro atoms. The SMILES string of the molecule is C=C1NCCc2cc(OC)c(OC)cc21.[Ac]. The van der Waals surface area contributed by atoms with Gasteiger partial charge < -0.3 is 14.8 Å². The van der Waals surface area contributed by atoms with E-state index in [9.17, 15) is 0 Å². The molecule has 0 amide bonds. The fourth-order valence-electron chi connectivity index (χ4n) is 1.85. The summed E-state index contributed by atoms with van der Waals surface area (Å²) in [6, 6.07) is 4.00. The van der Waals surface area contributed by atoms with E-state index in [1.165, 1.54) is 5.56 Å². The van der Waals surface area contributed by atoms with Gasteiger partial charge >= 0.3 is 0 Å². The van der Waals surface area contributed by atoms with Crippen molar-refractivity contribution >= 4 is 5.70 Å². The van der Waals surface area contributed by atoms with Gasteiger partial charge in [-0.05, 0) is 24.1 Å². The van der Waals surface area contributed by atoms with Gasteiger partial charge in [0.1, 0.15) is 0 Å². The van der Waals surface area contributed by atoms with Crippen LogP contribution >= 0.6 is 0 Å². The quantitative estimate of drug-likeness (QED) is 0.774. The second-order valence-electron chi connectivity index (χ2n) is 3.52. The average Bonchev–Trinajstić information content (AvgIpc) is 2.28. The predicted octanol–water partition coefficient (Wildman–Crippen LogP) is 1.82.